The van der Waals surface area contributed by atoms with Crippen molar-refractivity contribution in [1.29, 1.82) is 0 Å². The number of amides is 4. The van der Waals surface area contributed by atoms with E-state index in [1.54, 1.807) is 25.1 Å². The number of ether oxygens (including phenoxy) is 1. The van der Waals surface area contributed by atoms with Crippen molar-refractivity contribution in [1.82, 2.24) is 9.97 Å². The van der Waals surface area contributed by atoms with Crippen molar-refractivity contribution in [2.45, 2.75) is 25.9 Å². The maximum atomic E-state index is 13.1. The molecule has 1 aromatic carbocycles. The summed E-state index contributed by atoms with van der Waals surface area (Å²) in [7, 11) is 0. The molecule has 0 saturated carbocycles. The number of hydrogen-bond donors (Lipinski definition) is 1. The number of urea groups is 1. The van der Waals surface area contributed by atoms with Gasteiger partial charge >= 0.3 is 12.2 Å². The zero-order valence-electron chi connectivity index (χ0n) is 18.8. The minimum absolute atomic E-state index is 0.123. The van der Waals surface area contributed by atoms with Crippen molar-refractivity contribution >= 4 is 35.0 Å². The highest BCUT2D eigenvalue weighted by molar-refractivity contribution is 6.27. The second-order valence-electron chi connectivity index (χ2n) is 8.26. The number of rotatable bonds is 4. The number of anilines is 3. The van der Waals surface area contributed by atoms with Gasteiger partial charge in [-0.3, -0.25) is 19.5 Å². The van der Waals surface area contributed by atoms with E-state index in [0.29, 0.717) is 41.9 Å². The molecule has 4 heterocycles. The van der Waals surface area contributed by atoms with Crippen LogP contribution >= 0.6 is 0 Å². The van der Waals surface area contributed by atoms with Crippen molar-refractivity contribution in [2.24, 2.45) is 0 Å². The molecule has 184 valence electrons. The quantitative estimate of drug-likeness (QED) is 0.534. The minimum Gasteiger partial charge on any atom is -0.457 e. The van der Waals surface area contributed by atoms with Crippen LogP contribution in [0.3, 0.4) is 0 Å². The lowest BCUT2D eigenvalue weighted by Crippen LogP contribution is -2.33. The number of imide groups is 1. The van der Waals surface area contributed by atoms with Crippen molar-refractivity contribution in [3.8, 4) is 11.5 Å². The van der Waals surface area contributed by atoms with Crippen molar-refractivity contribution in [2.75, 3.05) is 21.7 Å². The fraction of sp³-hybridized carbons (Fsp3) is 0.208. The maximum absolute atomic E-state index is 13.1. The van der Waals surface area contributed by atoms with Gasteiger partial charge in [-0.2, -0.15) is 13.2 Å². The SMILES string of the molecule is Cc1cc(N2C(=O)CN(c3cncc(C(F)(F)F)c3)C2=O)ccc1Oc1ccnc2c1CCC(=O)N2. The summed E-state index contributed by atoms with van der Waals surface area (Å²) in [6, 6.07) is 6.36. The van der Waals surface area contributed by atoms with E-state index in [4.69, 9.17) is 4.74 Å². The Bertz CT molecular complexity index is 1410. The molecule has 5 rings (SSSR count). The Morgan fingerprint density at radius 1 is 1.00 bits per heavy atom. The summed E-state index contributed by atoms with van der Waals surface area (Å²) < 4.78 is 45.2. The first-order chi connectivity index (χ1) is 17.1. The molecule has 0 bridgehead atoms. The zero-order valence-corrected chi connectivity index (χ0v) is 18.8. The number of aromatic nitrogens is 2. The van der Waals surface area contributed by atoms with Gasteiger partial charge in [-0.1, -0.05) is 0 Å². The summed E-state index contributed by atoms with van der Waals surface area (Å²) in [6.07, 6.45) is -0.587. The van der Waals surface area contributed by atoms with Gasteiger partial charge in [0.1, 0.15) is 23.9 Å². The lowest BCUT2D eigenvalue weighted by atomic mass is 10.1. The number of alkyl halides is 3. The fourth-order valence-electron chi connectivity index (χ4n) is 4.05. The number of halogens is 3. The summed E-state index contributed by atoms with van der Waals surface area (Å²) in [5.41, 5.74) is 0.473. The largest absolute Gasteiger partial charge is 0.457 e. The number of benzene rings is 1. The zero-order chi connectivity index (χ0) is 25.6. The van der Waals surface area contributed by atoms with E-state index in [2.05, 4.69) is 15.3 Å². The lowest BCUT2D eigenvalue weighted by molar-refractivity contribution is -0.137. The second-order valence-corrected chi connectivity index (χ2v) is 8.26. The third kappa shape index (κ3) is 4.21. The number of nitrogens with one attached hydrogen (secondary N) is 1. The molecule has 2 aromatic heterocycles. The van der Waals surface area contributed by atoms with Crippen LogP contribution in [0.4, 0.5) is 35.2 Å². The van der Waals surface area contributed by atoms with Crippen LogP contribution in [0.25, 0.3) is 0 Å². The van der Waals surface area contributed by atoms with Crippen molar-refractivity contribution in [3.63, 3.8) is 0 Å². The molecular weight excluding hydrogens is 479 g/mol. The highest BCUT2D eigenvalue weighted by Gasteiger charge is 2.39. The van der Waals surface area contributed by atoms with Crippen LogP contribution in [-0.4, -0.2) is 34.4 Å². The number of aryl methyl sites for hydroxylation is 1. The minimum atomic E-state index is -4.64. The van der Waals surface area contributed by atoms with Crippen LogP contribution in [0, 0.1) is 6.92 Å². The number of hydrogen-bond acceptors (Lipinski definition) is 6. The Morgan fingerprint density at radius 2 is 1.81 bits per heavy atom. The number of carbonyl (C=O) groups excluding carboxylic acids is 3. The fourth-order valence-corrected chi connectivity index (χ4v) is 4.05. The summed E-state index contributed by atoms with van der Waals surface area (Å²) >= 11 is 0. The Morgan fingerprint density at radius 3 is 2.56 bits per heavy atom. The Balaban J connectivity index is 1.39. The van der Waals surface area contributed by atoms with Crippen LogP contribution in [0.2, 0.25) is 0 Å². The molecule has 2 aliphatic heterocycles. The van der Waals surface area contributed by atoms with Crippen LogP contribution < -0.4 is 19.9 Å². The molecule has 3 aromatic rings. The highest BCUT2D eigenvalue weighted by atomic mass is 19.4. The van der Waals surface area contributed by atoms with Crippen LogP contribution in [0.15, 0.2) is 48.9 Å². The average Bonchev–Trinajstić information content (AvgIpc) is 3.13. The van der Waals surface area contributed by atoms with Gasteiger partial charge in [0, 0.05) is 24.4 Å². The van der Waals surface area contributed by atoms with E-state index in [9.17, 15) is 27.6 Å². The predicted octanol–water partition coefficient (Wildman–Crippen LogP) is 4.45. The van der Waals surface area contributed by atoms with E-state index in [-0.39, 0.29) is 17.3 Å². The topological polar surface area (TPSA) is 105 Å². The molecule has 4 amide bonds. The number of carbonyl (C=O) groups is 3. The van der Waals surface area contributed by atoms with Gasteiger partial charge in [-0.15, -0.1) is 0 Å². The Labute approximate surface area is 202 Å². The number of nitrogens with zero attached hydrogens (tertiary/aromatic N) is 4. The summed E-state index contributed by atoms with van der Waals surface area (Å²) in [5.74, 6) is 0.706. The van der Waals surface area contributed by atoms with Crippen molar-refractivity contribution in [3.05, 3.63) is 65.6 Å². The van der Waals surface area contributed by atoms with E-state index >= 15 is 0 Å². The lowest BCUT2D eigenvalue weighted by Gasteiger charge is -2.20. The number of pyridine rings is 2. The smallest absolute Gasteiger partial charge is 0.417 e. The van der Waals surface area contributed by atoms with Crippen LogP contribution in [0.5, 0.6) is 11.5 Å². The second kappa shape index (κ2) is 8.63. The molecule has 1 saturated heterocycles. The van der Waals surface area contributed by atoms with Gasteiger partial charge in [-0.25, -0.2) is 14.7 Å². The first-order valence-electron chi connectivity index (χ1n) is 10.8. The normalized spacial score (nSPS) is 15.7. The maximum Gasteiger partial charge on any atom is 0.417 e. The van der Waals surface area contributed by atoms with Crippen molar-refractivity contribution < 1.29 is 32.3 Å². The predicted molar refractivity (Wildman–Crippen MR) is 122 cm³/mol. The Kier molecular flexibility index (Phi) is 5.58. The van der Waals surface area contributed by atoms with Gasteiger partial charge in [-0.05, 0) is 49.2 Å². The molecule has 9 nitrogen and oxygen atoms in total. The van der Waals surface area contributed by atoms with Gasteiger partial charge in [0.2, 0.25) is 5.91 Å². The van der Waals surface area contributed by atoms with Gasteiger partial charge in [0.25, 0.3) is 5.91 Å². The van der Waals surface area contributed by atoms with Gasteiger partial charge in [0.05, 0.1) is 23.1 Å². The monoisotopic (exact) mass is 497 g/mol. The Hall–Kier alpha value is -4.48. The molecule has 0 unspecified atom stereocenters. The third-order valence-electron chi connectivity index (χ3n) is 5.84. The van der Waals surface area contributed by atoms with E-state index in [1.807, 2.05) is 0 Å². The molecule has 36 heavy (non-hydrogen) atoms. The van der Waals surface area contributed by atoms with Crippen LogP contribution in [-0.2, 0) is 22.2 Å². The third-order valence-corrected chi connectivity index (χ3v) is 5.84. The highest BCUT2D eigenvalue weighted by Crippen LogP contribution is 2.36. The average molecular weight is 497 g/mol. The molecular formula is C24H18F3N5O4. The molecule has 0 atom stereocenters. The molecule has 0 radical (unpaired) electrons. The first kappa shape index (κ1) is 23.3. The van der Waals surface area contributed by atoms with E-state index in [0.717, 1.165) is 27.6 Å². The first-order valence-corrected chi connectivity index (χ1v) is 10.8. The summed E-state index contributed by atoms with van der Waals surface area (Å²) in [5, 5.41) is 2.70. The summed E-state index contributed by atoms with van der Waals surface area (Å²) in [4.78, 5) is 46.9. The van der Waals surface area contributed by atoms with Crippen LogP contribution in [0.1, 0.15) is 23.1 Å². The summed E-state index contributed by atoms with van der Waals surface area (Å²) in [6.45, 7) is 1.31. The van der Waals surface area contributed by atoms with E-state index < -0.39 is 30.2 Å². The molecule has 2 aliphatic rings. The molecule has 0 aliphatic carbocycles. The standard InChI is InChI=1S/C24H18F3N5O4/c1-13-8-15(2-4-18(13)36-19-6-7-29-22-17(19)3-5-20(33)30-22)32-21(34)12-31(23(32)35)16-9-14(10-28-11-16)24(25,26)27/h2,4,6-11H,3,5,12H2,1H3,(H,29,30,33). The van der Waals surface area contributed by atoms with E-state index in [1.165, 1.54) is 12.3 Å². The molecule has 12 heteroatoms. The van der Waals surface area contributed by atoms with Gasteiger partial charge in [0.15, 0.2) is 0 Å². The number of fused-ring (bicyclic) bond motifs is 1. The van der Waals surface area contributed by atoms with Gasteiger partial charge < -0.3 is 10.1 Å². The molecule has 1 fully saturated rings. The molecule has 1 N–H and O–H groups in total. The molecule has 0 spiro atoms.